The van der Waals surface area contributed by atoms with Crippen molar-refractivity contribution in [1.29, 1.82) is 0 Å². The second-order valence-corrected chi connectivity index (χ2v) is 7.25. The second kappa shape index (κ2) is 7.98. The first-order valence-electron chi connectivity index (χ1n) is 9.27. The number of nitrogens with zero attached hydrogens (tertiary/aromatic N) is 2. The molecule has 28 heavy (non-hydrogen) atoms. The van der Waals surface area contributed by atoms with Crippen LogP contribution in [0, 0.1) is 0 Å². The van der Waals surface area contributed by atoms with Crippen LogP contribution in [0.5, 0.6) is 5.75 Å². The molecule has 0 saturated carbocycles. The predicted molar refractivity (Wildman–Crippen MR) is 112 cm³/mol. The van der Waals surface area contributed by atoms with Crippen LogP contribution in [0.1, 0.15) is 16.8 Å². The molecular formula is C22H22ClN3O2. The smallest absolute Gasteiger partial charge is 0.257 e. The lowest BCUT2D eigenvalue weighted by molar-refractivity contribution is 0.0788. The Balaban J connectivity index is 1.52. The summed E-state index contributed by atoms with van der Waals surface area (Å²) >= 11 is 6.48. The average molecular weight is 396 g/mol. The minimum atomic E-state index is -0.0600. The van der Waals surface area contributed by atoms with Gasteiger partial charge in [-0.2, -0.15) is 0 Å². The molecule has 1 fully saturated rings. The summed E-state index contributed by atoms with van der Waals surface area (Å²) in [6.45, 7) is 1.34. The summed E-state index contributed by atoms with van der Waals surface area (Å²) in [6.07, 6.45) is 4.71. The number of amides is 1. The van der Waals surface area contributed by atoms with E-state index >= 15 is 0 Å². The van der Waals surface area contributed by atoms with Gasteiger partial charge in [-0.3, -0.25) is 4.79 Å². The number of nitrogens with one attached hydrogen (secondary N) is 1. The number of carbonyl (C=O) groups is 1. The zero-order valence-electron chi connectivity index (χ0n) is 15.6. The minimum Gasteiger partial charge on any atom is -0.496 e. The first kappa shape index (κ1) is 18.4. The van der Waals surface area contributed by atoms with Gasteiger partial charge in [0.05, 0.1) is 23.4 Å². The Kier molecular flexibility index (Phi) is 5.26. The lowest BCUT2D eigenvalue weighted by Crippen LogP contribution is -2.31. The maximum atomic E-state index is 13.1. The molecule has 1 aliphatic rings. The van der Waals surface area contributed by atoms with Crippen LogP contribution in [-0.4, -0.2) is 41.6 Å². The van der Waals surface area contributed by atoms with Crippen LogP contribution in [0.2, 0.25) is 5.02 Å². The van der Waals surface area contributed by atoms with Gasteiger partial charge in [-0.25, -0.2) is 0 Å². The molecule has 1 aromatic heterocycles. The van der Waals surface area contributed by atoms with Crippen molar-refractivity contribution in [3.8, 4) is 11.4 Å². The predicted octanol–water partition coefficient (Wildman–Crippen LogP) is 4.47. The molecule has 6 heteroatoms. The highest BCUT2D eigenvalue weighted by Gasteiger charge is 2.29. The van der Waals surface area contributed by atoms with Crippen molar-refractivity contribution in [3.05, 3.63) is 77.6 Å². The van der Waals surface area contributed by atoms with Crippen molar-refractivity contribution in [3.63, 3.8) is 0 Å². The minimum absolute atomic E-state index is 0.0600. The molecule has 3 aromatic rings. The molecule has 0 spiro atoms. The van der Waals surface area contributed by atoms with E-state index in [0.717, 1.165) is 17.8 Å². The van der Waals surface area contributed by atoms with Crippen LogP contribution < -0.4 is 10.1 Å². The van der Waals surface area contributed by atoms with Crippen LogP contribution in [0.4, 0.5) is 5.69 Å². The highest BCUT2D eigenvalue weighted by molar-refractivity contribution is 6.33. The van der Waals surface area contributed by atoms with E-state index in [1.54, 1.807) is 13.2 Å². The lowest BCUT2D eigenvalue weighted by atomic mass is 10.1. The van der Waals surface area contributed by atoms with Gasteiger partial charge in [0.25, 0.3) is 5.91 Å². The van der Waals surface area contributed by atoms with Gasteiger partial charge in [-0.15, -0.1) is 0 Å². The Labute approximate surface area is 169 Å². The number of ether oxygens (including phenoxy) is 1. The highest BCUT2D eigenvalue weighted by Crippen LogP contribution is 2.31. The molecule has 4 rings (SSSR count). The van der Waals surface area contributed by atoms with E-state index in [9.17, 15) is 4.79 Å². The first-order chi connectivity index (χ1) is 13.7. The quantitative estimate of drug-likeness (QED) is 0.693. The van der Waals surface area contributed by atoms with Crippen LogP contribution >= 0.6 is 11.6 Å². The summed E-state index contributed by atoms with van der Waals surface area (Å²) in [5.41, 5.74) is 2.34. The number of anilines is 1. The number of para-hydroxylation sites is 1. The van der Waals surface area contributed by atoms with Crippen molar-refractivity contribution in [2.75, 3.05) is 25.5 Å². The highest BCUT2D eigenvalue weighted by atomic mass is 35.5. The van der Waals surface area contributed by atoms with Gasteiger partial charge in [0.1, 0.15) is 5.75 Å². The Bertz CT molecular complexity index is 957. The number of hydrogen-bond donors (Lipinski definition) is 1. The Morgan fingerprint density at radius 1 is 1.14 bits per heavy atom. The Morgan fingerprint density at radius 3 is 2.61 bits per heavy atom. The van der Waals surface area contributed by atoms with Gasteiger partial charge >= 0.3 is 0 Å². The summed E-state index contributed by atoms with van der Waals surface area (Å²) in [4.78, 5) is 15.0. The number of aromatic nitrogens is 1. The number of methoxy groups -OCH3 is 1. The third kappa shape index (κ3) is 3.71. The fourth-order valence-electron chi connectivity index (χ4n) is 3.57. The summed E-state index contributed by atoms with van der Waals surface area (Å²) in [5, 5.41) is 4.00. The standard InChI is InChI=1S/C22H22ClN3O2/c1-28-21-14-20(25-10-5-6-11-25)19(23)13-18(21)22(27)26-12-9-17(15-26)24-16-7-3-2-4-8-16/h2-8,10-11,13-14,17,24H,9,12,15H2,1H3. The monoisotopic (exact) mass is 395 g/mol. The molecule has 1 aliphatic heterocycles. The van der Waals surface area contributed by atoms with E-state index in [1.165, 1.54) is 0 Å². The van der Waals surface area contributed by atoms with E-state index in [-0.39, 0.29) is 11.9 Å². The Morgan fingerprint density at radius 2 is 1.89 bits per heavy atom. The SMILES string of the molecule is COc1cc(-n2cccc2)c(Cl)cc1C(=O)N1CCC(Nc2ccccc2)C1. The van der Waals surface area contributed by atoms with Gasteiger partial charge in [0.15, 0.2) is 0 Å². The summed E-state index contributed by atoms with van der Waals surface area (Å²) in [5.74, 6) is 0.465. The maximum Gasteiger partial charge on any atom is 0.257 e. The first-order valence-corrected chi connectivity index (χ1v) is 9.65. The zero-order chi connectivity index (χ0) is 19.5. The molecule has 2 heterocycles. The topological polar surface area (TPSA) is 46.5 Å². The van der Waals surface area contributed by atoms with Gasteiger partial charge in [-0.05, 0) is 36.8 Å². The van der Waals surface area contributed by atoms with E-state index in [2.05, 4.69) is 5.32 Å². The van der Waals surface area contributed by atoms with Crippen molar-refractivity contribution in [2.24, 2.45) is 0 Å². The molecule has 5 nitrogen and oxygen atoms in total. The molecule has 144 valence electrons. The third-order valence-electron chi connectivity index (χ3n) is 5.00. The third-order valence-corrected chi connectivity index (χ3v) is 5.30. The molecule has 0 bridgehead atoms. The number of likely N-dealkylation sites (tertiary alicyclic amines) is 1. The van der Waals surface area contributed by atoms with Crippen LogP contribution in [0.15, 0.2) is 67.0 Å². The Hall–Kier alpha value is -2.92. The van der Waals surface area contributed by atoms with Gasteiger partial charge in [0, 0.05) is 43.3 Å². The molecule has 1 N–H and O–H groups in total. The van der Waals surface area contributed by atoms with Crippen molar-refractivity contribution >= 4 is 23.2 Å². The van der Waals surface area contributed by atoms with Crippen molar-refractivity contribution in [1.82, 2.24) is 9.47 Å². The summed E-state index contributed by atoms with van der Waals surface area (Å²) < 4.78 is 7.40. The van der Waals surface area contributed by atoms with Gasteiger partial charge in [-0.1, -0.05) is 29.8 Å². The molecule has 1 unspecified atom stereocenters. The summed E-state index contributed by atoms with van der Waals surface area (Å²) in [7, 11) is 1.57. The number of benzene rings is 2. The molecule has 1 atom stereocenters. The fraction of sp³-hybridized carbons (Fsp3) is 0.227. The second-order valence-electron chi connectivity index (χ2n) is 6.84. The van der Waals surface area contributed by atoms with E-state index in [0.29, 0.717) is 29.4 Å². The van der Waals surface area contributed by atoms with Crippen LogP contribution in [0.25, 0.3) is 5.69 Å². The van der Waals surface area contributed by atoms with E-state index in [1.807, 2.05) is 70.4 Å². The van der Waals surface area contributed by atoms with Crippen LogP contribution in [-0.2, 0) is 0 Å². The molecule has 1 amide bonds. The molecule has 1 saturated heterocycles. The summed E-state index contributed by atoms with van der Waals surface area (Å²) in [6, 6.07) is 17.6. The van der Waals surface area contributed by atoms with Crippen molar-refractivity contribution < 1.29 is 9.53 Å². The van der Waals surface area contributed by atoms with Gasteiger partial charge < -0.3 is 19.5 Å². The largest absolute Gasteiger partial charge is 0.496 e. The average Bonchev–Trinajstić information content (AvgIpc) is 3.40. The van der Waals surface area contributed by atoms with E-state index < -0.39 is 0 Å². The number of hydrogen-bond acceptors (Lipinski definition) is 3. The molecule has 0 aliphatic carbocycles. The molecule has 2 aromatic carbocycles. The number of rotatable bonds is 5. The maximum absolute atomic E-state index is 13.1. The number of halogens is 1. The van der Waals surface area contributed by atoms with Gasteiger partial charge in [0.2, 0.25) is 0 Å². The fourth-order valence-corrected chi connectivity index (χ4v) is 3.84. The lowest BCUT2D eigenvalue weighted by Gasteiger charge is -2.20. The zero-order valence-corrected chi connectivity index (χ0v) is 16.4. The normalized spacial score (nSPS) is 16.2. The van der Waals surface area contributed by atoms with E-state index in [4.69, 9.17) is 16.3 Å². The van der Waals surface area contributed by atoms with Crippen LogP contribution in [0.3, 0.4) is 0 Å². The molecular weight excluding hydrogens is 374 g/mol. The van der Waals surface area contributed by atoms with Crippen molar-refractivity contribution in [2.45, 2.75) is 12.5 Å². The number of carbonyl (C=O) groups excluding carboxylic acids is 1. The molecule has 0 radical (unpaired) electrons.